The van der Waals surface area contributed by atoms with Crippen LogP contribution >= 0.6 is 11.6 Å². The summed E-state index contributed by atoms with van der Waals surface area (Å²) in [6.45, 7) is 1.77. The molecule has 1 aromatic heterocycles. The van der Waals surface area contributed by atoms with Gasteiger partial charge in [0.15, 0.2) is 6.61 Å². The van der Waals surface area contributed by atoms with E-state index in [1.54, 1.807) is 24.3 Å². The Labute approximate surface area is 198 Å². The zero-order valence-corrected chi connectivity index (χ0v) is 19.0. The van der Waals surface area contributed by atoms with Gasteiger partial charge in [-0.3, -0.25) is 4.79 Å². The van der Waals surface area contributed by atoms with Crippen molar-refractivity contribution in [1.82, 2.24) is 14.9 Å². The largest absolute Gasteiger partial charge is 0.492 e. The molecule has 6 nitrogen and oxygen atoms in total. The van der Waals surface area contributed by atoms with Gasteiger partial charge in [-0.25, -0.2) is 4.98 Å². The summed E-state index contributed by atoms with van der Waals surface area (Å²) >= 11 is 5.85. The number of aromatic nitrogens is 2. The molecule has 0 aliphatic carbocycles. The third-order valence-electron chi connectivity index (χ3n) is 5.14. The van der Waals surface area contributed by atoms with Crippen LogP contribution in [0.25, 0.3) is 11.0 Å². The Hall–Kier alpha value is -3.51. The Morgan fingerprint density at radius 2 is 1.64 bits per heavy atom. The van der Waals surface area contributed by atoms with Crippen LogP contribution in [0.1, 0.15) is 12.2 Å². The van der Waals surface area contributed by atoms with E-state index in [4.69, 9.17) is 26.1 Å². The predicted octanol–water partition coefficient (Wildman–Crippen LogP) is 4.90. The van der Waals surface area contributed by atoms with E-state index < -0.39 is 0 Å². The third kappa shape index (κ3) is 6.49. The Bertz CT molecular complexity index is 1180. The first-order valence-electron chi connectivity index (χ1n) is 11.0. The molecule has 0 spiro atoms. The van der Waals surface area contributed by atoms with Crippen molar-refractivity contribution in [3.63, 3.8) is 0 Å². The topological polar surface area (TPSA) is 65.4 Å². The van der Waals surface area contributed by atoms with E-state index >= 15 is 0 Å². The maximum absolute atomic E-state index is 12.1. The van der Waals surface area contributed by atoms with Crippen LogP contribution in [0, 0.1) is 0 Å². The van der Waals surface area contributed by atoms with Crippen molar-refractivity contribution in [2.24, 2.45) is 0 Å². The molecular formula is C26H26ClN3O3. The standard InChI is InChI=1S/C26H26ClN3O3/c27-20-12-14-22(15-13-20)33-19-26(31)28-16-6-11-25-29-23-9-4-5-10-24(23)30(25)17-18-32-21-7-2-1-3-8-21/h1-5,7-10,12-15H,6,11,16-19H2,(H,28,31). The molecule has 170 valence electrons. The van der Waals surface area contributed by atoms with Gasteiger partial charge < -0.3 is 19.4 Å². The highest BCUT2D eigenvalue weighted by Crippen LogP contribution is 2.18. The first-order valence-corrected chi connectivity index (χ1v) is 11.3. The first-order chi connectivity index (χ1) is 16.2. The van der Waals surface area contributed by atoms with Crippen molar-refractivity contribution in [3.05, 3.63) is 89.7 Å². The van der Waals surface area contributed by atoms with Crippen LogP contribution in [0.2, 0.25) is 5.02 Å². The summed E-state index contributed by atoms with van der Waals surface area (Å²) in [5.41, 5.74) is 2.05. The number of para-hydroxylation sites is 3. The predicted molar refractivity (Wildman–Crippen MR) is 130 cm³/mol. The van der Waals surface area contributed by atoms with Crippen molar-refractivity contribution < 1.29 is 14.3 Å². The lowest BCUT2D eigenvalue weighted by Crippen LogP contribution is -2.30. The smallest absolute Gasteiger partial charge is 0.257 e. The molecule has 0 saturated heterocycles. The number of ether oxygens (including phenoxy) is 2. The molecule has 4 rings (SSSR count). The number of carbonyl (C=O) groups is 1. The number of nitrogens with one attached hydrogen (secondary N) is 1. The number of rotatable bonds is 11. The highest BCUT2D eigenvalue weighted by atomic mass is 35.5. The van der Waals surface area contributed by atoms with E-state index in [0.717, 1.165) is 35.4 Å². The van der Waals surface area contributed by atoms with E-state index in [-0.39, 0.29) is 12.5 Å². The maximum atomic E-state index is 12.1. The van der Waals surface area contributed by atoms with Crippen LogP contribution in [-0.2, 0) is 17.8 Å². The summed E-state index contributed by atoms with van der Waals surface area (Å²) in [4.78, 5) is 16.9. The van der Waals surface area contributed by atoms with Crippen LogP contribution in [-0.4, -0.2) is 35.2 Å². The normalized spacial score (nSPS) is 10.8. The fourth-order valence-electron chi connectivity index (χ4n) is 3.54. The molecule has 4 aromatic rings. The van der Waals surface area contributed by atoms with Gasteiger partial charge in [-0.15, -0.1) is 0 Å². The number of hydrogen-bond donors (Lipinski definition) is 1. The number of amides is 1. The highest BCUT2D eigenvalue weighted by molar-refractivity contribution is 6.30. The van der Waals surface area contributed by atoms with Crippen molar-refractivity contribution >= 4 is 28.5 Å². The second kappa shape index (κ2) is 11.4. The van der Waals surface area contributed by atoms with Crippen molar-refractivity contribution in [1.29, 1.82) is 0 Å². The molecule has 0 radical (unpaired) electrons. The quantitative estimate of drug-likeness (QED) is 0.321. The van der Waals surface area contributed by atoms with Gasteiger partial charge in [-0.1, -0.05) is 41.9 Å². The second-order valence-electron chi connectivity index (χ2n) is 7.53. The minimum atomic E-state index is -0.158. The molecule has 0 fully saturated rings. The zero-order chi connectivity index (χ0) is 22.9. The second-order valence-corrected chi connectivity index (χ2v) is 7.96. The molecule has 1 amide bonds. The fraction of sp³-hybridized carbons (Fsp3) is 0.231. The number of carbonyl (C=O) groups excluding carboxylic acids is 1. The monoisotopic (exact) mass is 463 g/mol. The van der Waals surface area contributed by atoms with Crippen LogP contribution in [0.3, 0.4) is 0 Å². The third-order valence-corrected chi connectivity index (χ3v) is 5.40. The first kappa shape index (κ1) is 22.7. The van der Waals surface area contributed by atoms with E-state index in [0.29, 0.717) is 30.5 Å². The van der Waals surface area contributed by atoms with Crippen molar-refractivity contribution in [3.8, 4) is 11.5 Å². The molecule has 0 unspecified atom stereocenters. The van der Waals surface area contributed by atoms with Gasteiger partial charge in [0.2, 0.25) is 0 Å². The lowest BCUT2D eigenvalue weighted by molar-refractivity contribution is -0.123. The van der Waals surface area contributed by atoms with E-state index in [1.807, 2.05) is 48.5 Å². The lowest BCUT2D eigenvalue weighted by atomic mass is 10.3. The molecule has 1 N–H and O–H groups in total. The van der Waals surface area contributed by atoms with Gasteiger partial charge in [0.05, 0.1) is 17.6 Å². The van der Waals surface area contributed by atoms with E-state index in [1.165, 1.54) is 0 Å². The van der Waals surface area contributed by atoms with Gasteiger partial charge in [0.1, 0.15) is 23.9 Å². The number of benzene rings is 3. The average Bonchev–Trinajstić information content (AvgIpc) is 3.19. The molecule has 1 heterocycles. The Morgan fingerprint density at radius 3 is 2.45 bits per heavy atom. The molecule has 0 saturated carbocycles. The number of fused-ring (bicyclic) bond motifs is 1. The molecule has 0 aliphatic heterocycles. The minimum absolute atomic E-state index is 0.0308. The van der Waals surface area contributed by atoms with Crippen LogP contribution in [0.15, 0.2) is 78.9 Å². The number of hydrogen-bond acceptors (Lipinski definition) is 4. The van der Waals surface area contributed by atoms with Gasteiger partial charge in [0, 0.05) is 18.0 Å². The minimum Gasteiger partial charge on any atom is -0.492 e. The van der Waals surface area contributed by atoms with Crippen molar-refractivity contribution in [2.75, 3.05) is 19.8 Å². The molecule has 0 bridgehead atoms. The lowest BCUT2D eigenvalue weighted by Gasteiger charge is -2.11. The molecule has 3 aromatic carbocycles. The zero-order valence-electron chi connectivity index (χ0n) is 18.2. The highest BCUT2D eigenvalue weighted by Gasteiger charge is 2.11. The average molecular weight is 464 g/mol. The Kier molecular flexibility index (Phi) is 7.82. The van der Waals surface area contributed by atoms with Crippen LogP contribution in [0.5, 0.6) is 11.5 Å². The Balaban J connectivity index is 1.27. The van der Waals surface area contributed by atoms with Crippen LogP contribution in [0.4, 0.5) is 0 Å². The summed E-state index contributed by atoms with van der Waals surface area (Å²) in [5, 5.41) is 3.53. The van der Waals surface area contributed by atoms with Crippen LogP contribution < -0.4 is 14.8 Å². The maximum Gasteiger partial charge on any atom is 0.257 e. The molecule has 33 heavy (non-hydrogen) atoms. The van der Waals surface area contributed by atoms with Gasteiger partial charge >= 0.3 is 0 Å². The van der Waals surface area contributed by atoms with Crippen molar-refractivity contribution in [2.45, 2.75) is 19.4 Å². The SMILES string of the molecule is O=C(COc1ccc(Cl)cc1)NCCCc1nc2ccccc2n1CCOc1ccccc1. The molecular weight excluding hydrogens is 438 g/mol. The molecule has 7 heteroatoms. The number of aryl methyl sites for hydroxylation is 1. The number of nitrogens with zero attached hydrogens (tertiary/aromatic N) is 2. The Morgan fingerprint density at radius 1 is 0.909 bits per heavy atom. The van der Waals surface area contributed by atoms with Gasteiger partial charge in [-0.05, 0) is 55.0 Å². The van der Waals surface area contributed by atoms with Gasteiger partial charge in [0.25, 0.3) is 5.91 Å². The summed E-state index contributed by atoms with van der Waals surface area (Å²) in [6.07, 6.45) is 1.52. The summed E-state index contributed by atoms with van der Waals surface area (Å²) in [7, 11) is 0. The number of imidazole rings is 1. The molecule has 0 atom stereocenters. The van der Waals surface area contributed by atoms with Gasteiger partial charge in [-0.2, -0.15) is 0 Å². The summed E-state index contributed by atoms with van der Waals surface area (Å²) < 4.78 is 13.6. The summed E-state index contributed by atoms with van der Waals surface area (Å²) in [5.74, 6) is 2.29. The molecule has 0 aliphatic rings. The van der Waals surface area contributed by atoms with E-state index in [9.17, 15) is 4.79 Å². The number of halogens is 1. The summed E-state index contributed by atoms with van der Waals surface area (Å²) in [6, 6.07) is 24.8. The van der Waals surface area contributed by atoms with E-state index in [2.05, 4.69) is 16.0 Å². The fourth-order valence-corrected chi connectivity index (χ4v) is 3.67.